The number of nitrogens with zero attached hydrogens (tertiary/aromatic N) is 1. The molecule has 0 aliphatic heterocycles. The SMILES string of the molecule is CCCCOc1ncccc1CNC(=O)NCc1cccc(OCCC)c1. The molecule has 0 saturated carbocycles. The first-order valence-electron chi connectivity index (χ1n) is 9.53. The average molecular weight is 371 g/mol. The molecule has 2 aromatic rings. The number of rotatable bonds is 11. The van der Waals surface area contributed by atoms with Crippen molar-refractivity contribution in [2.75, 3.05) is 13.2 Å². The van der Waals surface area contributed by atoms with Crippen molar-refractivity contribution in [1.82, 2.24) is 15.6 Å². The van der Waals surface area contributed by atoms with Crippen LogP contribution in [0.3, 0.4) is 0 Å². The highest BCUT2D eigenvalue weighted by Crippen LogP contribution is 2.15. The zero-order valence-corrected chi connectivity index (χ0v) is 16.2. The van der Waals surface area contributed by atoms with Crippen molar-refractivity contribution in [2.24, 2.45) is 0 Å². The van der Waals surface area contributed by atoms with Gasteiger partial charge >= 0.3 is 6.03 Å². The molecule has 2 amide bonds. The van der Waals surface area contributed by atoms with Gasteiger partial charge in [-0.3, -0.25) is 0 Å². The number of ether oxygens (including phenoxy) is 2. The Balaban J connectivity index is 1.80. The fraction of sp³-hybridized carbons (Fsp3) is 0.429. The summed E-state index contributed by atoms with van der Waals surface area (Å²) in [6.07, 6.45) is 4.69. The standard InChI is InChI=1S/C21H29N3O3/c1-3-5-13-27-20-18(9-7-11-22-20)16-24-21(25)23-15-17-8-6-10-19(14-17)26-12-4-2/h6-11,14H,3-5,12-13,15-16H2,1-2H3,(H2,23,24,25). The Morgan fingerprint density at radius 2 is 1.85 bits per heavy atom. The van der Waals surface area contributed by atoms with Gasteiger partial charge in [0.1, 0.15) is 5.75 Å². The van der Waals surface area contributed by atoms with Crippen molar-refractivity contribution in [2.45, 2.75) is 46.2 Å². The Morgan fingerprint density at radius 1 is 1.00 bits per heavy atom. The molecule has 0 atom stereocenters. The minimum Gasteiger partial charge on any atom is -0.494 e. The number of unbranched alkanes of at least 4 members (excludes halogenated alkanes) is 1. The van der Waals surface area contributed by atoms with E-state index < -0.39 is 0 Å². The van der Waals surface area contributed by atoms with Crippen LogP contribution in [0.1, 0.15) is 44.2 Å². The number of hydrogen-bond acceptors (Lipinski definition) is 4. The van der Waals surface area contributed by atoms with Crippen LogP contribution in [-0.4, -0.2) is 24.2 Å². The monoisotopic (exact) mass is 371 g/mol. The Kier molecular flexibility index (Phi) is 8.96. The molecule has 6 heteroatoms. The normalized spacial score (nSPS) is 10.3. The number of hydrogen-bond donors (Lipinski definition) is 2. The zero-order chi connectivity index (χ0) is 19.3. The predicted octanol–water partition coefficient (Wildman–Crippen LogP) is 4.05. The smallest absolute Gasteiger partial charge is 0.315 e. The van der Waals surface area contributed by atoms with Gasteiger partial charge in [-0.25, -0.2) is 9.78 Å². The fourth-order valence-corrected chi connectivity index (χ4v) is 2.39. The topological polar surface area (TPSA) is 72.5 Å². The van der Waals surface area contributed by atoms with E-state index in [0.717, 1.165) is 36.1 Å². The summed E-state index contributed by atoms with van der Waals surface area (Å²) in [5.41, 5.74) is 1.85. The van der Waals surface area contributed by atoms with Gasteiger partial charge in [0.2, 0.25) is 5.88 Å². The van der Waals surface area contributed by atoms with Crippen LogP contribution < -0.4 is 20.1 Å². The van der Waals surface area contributed by atoms with E-state index in [0.29, 0.717) is 32.2 Å². The van der Waals surface area contributed by atoms with E-state index in [1.165, 1.54) is 0 Å². The van der Waals surface area contributed by atoms with Gasteiger partial charge in [-0.2, -0.15) is 0 Å². The Labute approximate surface area is 161 Å². The van der Waals surface area contributed by atoms with Gasteiger partial charge in [-0.15, -0.1) is 0 Å². The number of urea groups is 1. The molecule has 6 nitrogen and oxygen atoms in total. The first-order chi connectivity index (χ1) is 13.2. The molecular weight excluding hydrogens is 342 g/mol. The van der Waals surface area contributed by atoms with Crippen molar-refractivity contribution >= 4 is 6.03 Å². The summed E-state index contributed by atoms with van der Waals surface area (Å²) >= 11 is 0. The molecule has 0 aliphatic rings. The molecule has 0 radical (unpaired) electrons. The van der Waals surface area contributed by atoms with Crippen molar-refractivity contribution in [3.8, 4) is 11.6 Å². The van der Waals surface area contributed by atoms with Gasteiger partial charge < -0.3 is 20.1 Å². The van der Waals surface area contributed by atoms with Crippen LogP contribution in [0.5, 0.6) is 11.6 Å². The highest BCUT2D eigenvalue weighted by Gasteiger charge is 2.07. The zero-order valence-electron chi connectivity index (χ0n) is 16.2. The lowest BCUT2D eigenvalue weighted by atomic mass is 10.2. The molecule has 27 heavy (non-hydrogen) atoms. The van der Waals surface area contributed by atoms with Crippen LogP contribution in [-0.2, 0) is 13.1 Å². The second-order valence-corrected chi connectivity index (χ2v) is 6.20. The van der Waals surface area contributed by atoms with Crippen LogP contribution in [0.2, 0.25) is 0 Å². The first-order valence-corrected chi connectivity index (χ1v) is 9.53. The van der Waals surface area contributed by atoms with E-state index in [9.17, 15) is 4.79 Å². The Bertz CT molecular complexity index is 707. The van der Waals surface area contributed by atoms with Crippen LogP contribution in [0.25, 0.3) is 0 Å². The molecule has 0 saturated heterocycles. The van der Waals surface area contributed by atoms with Crippen LogP contribution in [0.4, 0.5) is 4.79 Å². The van der Waals surface area contributed by atoms with Crippen molar-refractivity contribution in [3.05, 3.63) is 53.7 Å². The number of benzene rings is 1. The van der Waals surface area contributed by atoms with E-state index in [-0.39, 0.29) is 6.03 Å². The van der Waals surface area contributed by atoms with Gasteiger partial charge in [0.25, 0.3) is 0 Å². The van der Waals surface area contributed by atoms with Crippen LogP contribution >= 0.6 is 0 Å². The van der Waals surface area contributed by atoms with Crippen molar-refractivity contribution in [3.63, 3.8) is 0 Å². The molecule has 0 unspecified atom stereocenters. The quantitative estimate of drug-likeness (QED) is 0.585. The molecule has 2 rings (SSSR count). The van der Waals surface area contributed by atoms with Crippen molar-refractivity contribution < 1.29 is 14.3 Å². The summed E-state index contributed by atoms with van der Waals surface area (Å²) in [7, 11) is 0. The number of aromatic nitrogens is 1. The predicted molar refractivity (Wildman–Crippen MR) is 106 cm³/mol. The van der Waals surface area contributed by atoms with Crippen LogP contribution in [0.15, 0.2) is 42.6 Å². The number of carbonyl (C=O) groups excluding carboxylic acids is 1. The summed E-state index contributed by atoms with van der Waals surface area (Å²) in [5.74, 6) is 1.40. The fourth-order valence-electron chi connectivity index (χ4n) is 2.39. The third-order valence-electron chi connectivity index (χ3n) is 3.85. The van der Waals surface area contributed by atoms with E-state index in [4.69, 9.17) is 9.47 Å². The summed E-state index contributed by atoms with van der Waals surface area (Å²) in [5, 5.41) is 5.71. The number of carbonyl (C=O) groups is 1. The molecule has 1 aromatic heterocycles. The third kappa shape index (κ3) is 7.56. The first kappa shape index (κ1) is 20.6. The average Bonchev–Trinajstić information content (AvgIpc) is 2.70. The molecule has 146 valence electrons. The van der Waals surface area contributed by atoms with Gasteiger partial charge in [-0.1, -0.05) is 38.5 Å². The van der Waals surface area contributed by atoms with E-state index >= 15 is 0 Å². The van der Waals surface area contributed by atoms with Crippen LogP contribution in [0, 0.1) is 0 Å². The largest absolute Gasteiger partial charge is 0.494 e. The van der Waals surface area contributed by atoms with E-state index in [1.54, 1.807) is 6.20 Å². The number of nitrogens with one attached hydrogen (secondary N) is 2. The lowest BCUT2D eigenvalue weighted by Crippen LogP contribution is -2.34. The summed E-state index contributed by atoms with van der Waals surface area (Å²) in [6.45, 7) is 6.29. The van der Waals surface area contributed by atoms with E-state index in [1.807, 2.05) is 36.4 Å². The van der Waals surface area contributed by atoms with Crippen molar-refractivity contribution in [1.29, 1.82) is 0 Å². The molecule has 0 spiro atoms. The number of pyridine rings is 1. The maximum absolute atomic E-state index is 12.1. The Hall–Kier alpha value is -2.76. The van der Waals surface area contributed by atoms with Gasteiger partial charge in [0.05, 0.1) is 13.2 Å². The molecule has 0 bridgehead atoms. The molecule has 0 fully saturated rings. The number of amides is 2. The molecule has 2 N–H and O–H groups in total. The lowest BCUT2D eigenvalue weighted by molar-refractivity contribution is 0.239. The molecule has 1 heterocycles. The maximum Gasteiger partial charge on any atom is 0.315 e. The van der Waals surface area contributed by atoms with Gasteiger partial charge in [-0.05, 0) is 36.6 Å². The molecule has 1 aromatic carbocycles. The lowest BCUT2D eigenvalue weighted by Gasteiger charge is -2.12. The summed E-state index contributed by atoms with van der Waals surface area (Å²) in [4.78, 5) is 16.4. The van der Waals surface area contributed by atoms with Gasteiger partial charge in [0, 0.05) is 24.8 Å². The van der Waals surface area contributed by atoms with E-state index in [2.05, 4.69) is 29.5 Å². The Morgan fingerprint density at radius 3 is 2.67 bits per heavy atom. The summed E-state index contributed by atoms with van der Waals surface area (Å²) < 4.78 is 11.3. The highest BCUT2D eigenvalue weighted by molar-refractivity contribution is 5.73. The third-order valence-corrected chi connectivity index (χ3v) is 3.85. The second-order valence-electron chi connectivity index (χ2n) is 6.20. The summed E-state index contributed by atoms with van der Waals surface area (Å²) in [6, 6.07) is 11.2. The minimum atomic E-state index is -0.238. The second kappa shape index (κ2) is 11.8. The van der Waals surface area contributed by atoms with Gasteiger partial charge in [0.15, 0.2) is 0 Å². The minimum absolute atomic E-state index is 0.238. The highest BCUT2D eigenvalue weighted by atomic mass is 16.5. The molecular formula is C21H29N3O3. The molecule has 0 aliphatic carbocycles. The maximum atomic E-state index is 12.1.